The minimum absolute atomic E-state index is 0.0495. The van der Waals surface area contributed by atoms with Crippen LogP contribution in [-0.2, 0) is 9.53 Å². The SMILES string of the molecule is CC(C)(CCC(=O)OC(C)(C)C)NCCCN. The van der Waals surface area contributed by atoms with Gasteiger partial charge in [-0.2, -0.15) is 0 Å². The molecule has 0 aliphatic heterocycles. The molecule has 0 aromatic carbocycles. The normalized spacial score (nSPS) is 12.6. The summed E-state index contributed by atoms with van der Waals surface area (Å²) in [6.45, 7) is 11.4. The Labute approximate surface area is 105 Å². The van der Waals surface area contributed by atoms with Crippen LogP contribution in [0.25, 0.3) is 0 Å². The van der Waals surface area contributed by atoms with Gasteiger partial charge >= 0.3 is 5.97 Å². The third-order valence-corrected chi connectivity index (χ3v) is 2.36. The van der Waals surface area contributed by atoms with Crippen LogP contribution in [0.15, 0.2) is 0 Å². The fourth-order valence-corrected chi connectivity index (χ4v) is 1.42. The Kier molecular flexibility index (Phi) is 6.72. The van der Waals surface area contributed by atoms with E-state index in [0.29, 0.717) is 13.0 Å². The lowest BCUT2D eigenvalue weighted by Gasteiger charge is -2.27. The van der Waals surface area contributed by atoms with Gasteiger partial charge in [-0.25, -0.2) is 0 Å². The number of hydrogen-bond acceptors (Lipinski definition) is 4. The molecule has 0 unspecified atom stereocenters. The van der Waals surface area contributed by atoms with Crippen LogP contribution in [0.1, 0.15) is 53.9 Å². The lowest BCUT2D eigenvalue weighted by molar-refractivity contribution is -0.155. The summed E-state index contributed by atoms with van der Waals surface area (Å²) in [5, 5.41) is 3.39. The van der Waals surface area contributed by atoms with Gasteiger partial charge in [-0.15, -0.1) is 0 Å². The molecule has 0 aliphatic carbocycles. The summed E-state index contributed by atoms with van der Waals surface area (Å²) in [6, 6.07) is 0. The van der Waals surface area contributed by atoms with Crippen LogP contribution in [0.4, 0.5) is 0 Å². The number of hydrogen-bond donors (Lipinski definition) is 2. The standard InChI is InChI=1S/C13H28N2O2/c1-12(2,3)17-11(16)7-8-13(4,5)15-10-6-9-14/h15H,6-10,14H2,1-5H3. The van der Waals surface area contributed by atoms with Crippen molar-refractivity contribution in [3.63, 3.8) is 0 Å². The van der Waals surface area contributed by atoms with Crippen molar-refractivity contribution < 1.29 is 9.53 Å². The summed E-state index contributed by atoms with van der Waals surface area (Å²) in [7, 11) is 0. The number of esters is 1. The molecule has 0 spiro atoms. The molecule has 17 heavy (non-hydrogen) atoms. The summed E-state index contributed by atoms with van der Waals surface area (Å²) in [5.41, 5.74) is 4.99. The Morgan fingerprint density at radius 2 is 1.82 bits per heavy atom. The van der Waals surface area contributed by atoms with Crippen molar-refractivity contribution in [1.29, 1.82) is 0 Å². The van der Waals surface area contributed by atoms with Crippen LogP contribution in [0.5, 0.6) is 0 Å². The maximum Gasteiger partial charge on any atom is 0.306 e. The predicted octanol–water partition coefficient (Wildman–Crippen LogP) is 1.83. The molecule has 0 aromatic heterocycles. The average Bonchev–Trinajstić information content (AvgIpc) is 2.13. The second-order valence-electron chi connectivity index (χ2n) is 6.04. The molecule has 0 rings (SSSR count). The first kappa shape index (κ1) is 16.4. The Bertz CT molecular complexity index is 232. The van der Waals surface area contributed by atoms with Crippen molar-refractivity contribution in [3.8, 4) is 0 Å². The van der Waals surface area contributed by atoms with Gasteiger partial charge in [-0.1, -0.05) is 0 Å². The molecule has 102 valence electrons. The van der Waals surface area contributed by atoms with E-state index in [1.807, 2.05) is 20.8 Å². The molecule has 0 radical (unpaired) electrons. The smallest absolute Gasteiger partial charge is 0.306 e. The summed E-state index contributed by atoms with van der Waals surface area (Å²) < 4.78 is 5.27. The molecule has 3 N–H and O–H groups in total. The van der Waals surface area contributed by atoms with Crippen LogP contribution in [0.2, 0.25) is 0 Å². The van der Waals surface area contributed by atoms with Gasteiger partial charge in [-0.3, -0.25) is 4.79 Å². The zero-order valence-corrected chi connectivity index (χ0v) is 11.9. The Morgan fingerprint density at radius 1 is 1.24 bits per heavy atom. The van der Waals surface area contributed by atoms with E-state index in [-0.39, 0.29) is 11.5 Å². The lowest BCUT2D eigenvalue weighted by atomic mass is 9.98. The quantitative estimate of drug-likeness (QED) is 0.530. The zero-order valence-electron chi connectivity index (χ0n) is 11.9. The van der Waals surface area contributed by atoms with Gasteiger partial charge in [0.25, 0.3) is 0 Å². The van der Waals surface area contributed by atoms with Crippen molar-refractivity contribution in [1.82, 2.24) is 5.32 Å². The molecule has 0 heterocycles. The average molecular weight is 244 g/mol. The molecule has 0 amide bonds. The zero-order chi connectivity index (χ0) is 13.5. The Balaban J connectivity index is 3.88. The van der Waals surface area contributed by atoms with Gasteiger partial charge in [0.1, 0.15) is 5.60 Å². The van der Waals surface area contributed by atoms with Gasteiger partial charge in [0.2, 0.25) is 0 Å². The molecule has 0 aliphatic rings. The first-order chi connectivity index (χ1) is 7.66. The highest BCUT2D eigenvalue weighted by atomic mass is 16.6. The highest BCUT2D eigenvalue weighted by Gasteiger charge is 2.21. The van der Waals surface area contributed by atoms with Gasteiger partial charge in [0.05, 0.1) is 0 Å². The largest absolute Gasteiger partial charge is 0.460 e. The molecular weight excluding hydrogens is 216 g/mol. The van der Waals surface area contributed by atoms with Crippen molar-refractivity contribution >= 4 is 5.97 Å². The maximum absolute atomic E-state index is 11.6. The molecule has 4 heteroatoms. The highest BCUT2D eigenvalue weighted by Crippen LogP contribution is 2.14. The van der Waals surface area contributed by atoms with Gasteiger partial charge < -0.3 is 15.8 Å². The monoisotopic (exact) mass is 244 g/mol. The van der Waals surface area contributed by atoms with Crippen LogP contribution in [-0.4, -0.2) is 30.2 Å². The van der Waals surface area contributed by atoms with E-state index in [1.165, 1.54) is 0 Å². The Morgan fingerprint density at radius 3 is 2.29 bits per heavy atom. The summed E-state index contributed by atoms with van der Waals surface area (Å²) >= 11 is 0. The predicted molar refractivity (Wildman–Crippen MR) is 70.8 cm³/mol. The number of carbonyl (C=O) groups is 1. The van der Waals surface area contributed by atoms with E-state index < -0.39 is 5.60 Å². The van der Waals surface area contributed by atoms with Crippen molar-refractivity contribution in [3.05, 3.63) is 0 Å². The number of carbonyl (C=O) groups excluding carboxylic acids is 1. The van der Waals surface area contributed by atoms with Crippen LogP contribution in [0.3, 0.4) is 0 Å². The summed E-state index contributed by atoms with van der Waals surface area (Å²) in [6.07, 6.45) is 2.17. The third kappa shape index (κ3) is 10.3. The molecule has 0 fully saturated rings. The molecule has 0 saturated heterocycles. The number of ether oxygens (including phenoxy) is 1. The fraction of sp³-hybridized carbons (Fsp3) is 0.923. The molecule has 0 bridgehead atoms. The van der Waals surface area contributed by atoms with Crippen molar-refractivity contribution in [2.75, 3.05) is 13.1 Å². The van der Waals surface area contributed by atoms with E-state index in [1.54, 1.807) is 0 Å². The first-order valence-electron chi connectivity index (χ1n) is 6.33. The van der Waals surface area contributed by atoms with E-state index in [9.17, 15) is 4.79 Å². The highest BCUT2D eigenvalue weighted by molar-refractivity contribution is 5.69. The molecule has 0 atom stereocenters. The van der Waals surface area contributed by atoms with Gasteiger partial charge in [0.15, 0.2) is 0 Å². The van der Waals surface area contributed by atoms with Crippen LogP contribution < -0.4 is 11.1 Å². The van der Waals surface area contributed by atoms with Crippen molar-refractivity contribution in [2.24, 2.45) is 5.73 Å². The molecule has 4 nitrogen and oxygen atoms in total. The van der Waals surface area contributed by atoms with E-state index >= 15 is 0 Å². The van der Waals surface area contributed by atoms with Crippen LogP contribution in [0, 0.1) is 0 Å². The summed E-state index contributed by atoms with van der Waals surface area (Å²) in [5.74, 6) is -0.133. The topological polar surface area (TPSA) is 64.3 Å². The second-order valence-corrected chi connectivity index (χ2v) is 6.04. The number of nitrogens with two attached hydrogens (primary N) is 1. The maximum atomic E-state index is 11.6. The Hall–Kier alpha value is -0.610. The fourth-order valence-electron chi connectivity index (χ4n) is 1.42. The van der Waals surface area contributed by atoms with Crippen molar-refractivity contribution in [2.45, 2.75) is 65.0 Å². The minimum atomic E-state index is -0.395. The van der Waals surface area contributed by atoms with Gasteiger partial charge in [0, 0.05) is 12.0 Å². The second kappa shape index (κ2) is 6.97. The van der Waals surface area contributed by atoms with Gasteiger partial charge in [-0.05, 0) is 60.5 Å². The molecular formula is C13H28N2O2. The number of rotatable bonds is 7. The van der Waals surface area contributed by atoms with Crippen LogP contribution >= 0.6 is 0 Å². The van der Waals surface area contributed by atoms with E-state index in [4.69, 9.17) is 10.5 Å². The van der Waals surface area contributed by atoms with E-state index in [0.717, 1.165) is 19.4 Å². The lowest BCUT2D eigenvalue weighted by Crippen LogP contribution is -2.41. The third-order valence-electron chi connectivity index (χ3n) is 2.36. The summed E-state index contributed by atoms with van der Waals surface area (Å²) in [4.78, 5) is 11.6. The molecule has 0 aromatic rings. The first-order valence-corrected chi connectivity index (χ1v) is 6.33. The number of nitrogens with one attached hydrogen (secondary N) is 1. The van der Waals surface area contributed by atoms with E-state index in [2.05, 4.69) is 19.2 Å². The minimum Gasteiger partial charge on any atom is -0.460 e. The molecule has 0 saturated carbocycles.